The predicted octanol–water partition coefficient (Wildman–Crippen LogP) is 13.7. The molecule has 6 heteroatoms. The fourth-order valence-electron chi connectivity index (χ4n) is 9.84. The third-order valence-electron chi connectivity index (χ3n) is 12.6. The summed E-state index contributed by atoms with van der Waals surface area (Å²) in [5, 5.41) is 14.7. The number of fused-ring (bicyclic) bond motifs is 9. The van der Waals surface area contributed by atoms with Gasteiger partial charge in [0.05, 0.1) is 50.2 Å². The molecule has 1 aliphatic heterocycles. The molecule has 0 atom stereocenters. The number of nitrogens with one attached hydrogen (secondary N) is 1. The third kappa shape index (κ3) is 5.55. The van der Waals surface area contributed by atoms with Crippen LogP contribution in [0.5, 0.6) is 0 Å². The largest absolute Gasteiger partial charge is 0.309 e. The van der Waals surface area contributed by atoms with Crippen molar-refractivity contribution in [3.63, 3.8) is 0 Å². The van der Waals surface area contributed by atoms with Crippen LogP contribution in [-0.2, 0) is 0 Å². The van der Waals surface area contributed by atoms with Gasteiger partial charge in [0.25, 0.3) is 0 Å². The first-order valence-electron chi connectivity index (χ1n) is 21.4. The number of nitrogens with zero attached hydrogens (tertiary/aromatic N) is 5. The highest BCUT2D eigenvalue weighted by Gasteiger charge is 2.21. The van der Waals surface area contributed by atoms with Crippen LogP contribution in [0.2, 0.25) is 0 Å². The molecule has 6 nitrogen and oxygen atoms in total. The first-order chi connectivity index (χ1) is 31.2. The summed E-state index contributed by atoms with van der Waals surface area (Å²) in [5.41, 5.74) is 18.7. The molecule has 0 aliphatic carbocycles. The quantitative estimate of drug-likeness (QED) is 0.182. The zero-order valence-electron chi connectivity index (χ0n) is 34.1. The molecule has 0 radical (unpaired) electrons. The Bertz CT molecular complexity index is 3700. The van der Waals surface area contributed by atoms with Crippen molar-refractivity contribution in [1.29, 1.82) is 0 Å². The lowest BCUT2D eigenvalue weighted by molar-refractivity contribution is 0.786. The van der Waals surface area contributed by atoms with Gasteiger partial charge in [0.15, 0.2) is 0 Å². The maximum absolute atomic E-state index is 5.39. The second kappa shape index (κ2) is 14.0. The highest BCUT2D eigenvalue weighted by atomic mass is 15.7. The summed E-state index contributed by atoms with van der Waals surface area (Å²) in [6, 6.07) is 78.1. The number of hydrazone groups is 1. The molecule has 0 spiro atoms. The molecule has 0 amide bonds. The van der Waals surface area contributed by atoms with Crippen molar-refractivity contribution in [2.45, 2.75) is 0 Å². The Hall–Kier alpha value is -8.61. The molecular formula is C57H38N6. The number of hydrazine groups is 1. The second-order valence-electron chi connectivity index (χ2n) is 16.2. The van der Waals surface area contributed by atoms with Crippen LogP contribution < -0.4 is 10.5 Å². The smallest absolute Gasteiger partial charge is 0.0950 e. The lowest BCUT2D eigenvalue weighted by Gasteiger charge is -2.28. The Balaban J connectivity index is 0.979. The summed E-state index contributed by atoms with van der Waals surface area (Å²) in [7, 11) is 0. The molecular weight excluding hydrogens is 769 g/mol. The summed E-state index contributed by atoms with van der Waals surface area (Å²) in [4.78, 5) is 0. The van der Waals surface area contributed by atoms with Gasteiger partial charge in [0, 0.05) is 60.5 Å². The van der Waals surface area contributed by atoms with Crippen LogP contribution in [0, 0.1) is 0 Å². The summed E-state index contributed by atoms with van der Waals surface area (Å²) < 4.78 is 7.08. The number of allylic oxidation sites excluding steroid dienone is 1. The van der Waals surface area contributed by atoms with Gasteiger partial charge in [-0.25, -0.2) is 0 Å². The number of rotatable bonds is 6. The van der Waals surface area contributed by atoms with Gasteiger partial charge in [-0.3, -0.25) is 5.43 Å². The molecule has 9 aromatic carbocycles. The van der Waals surface area contributed by atoms with Gasteiger partial charge in [-0.05, 0) is 84.9 Å². The van der Waals surface area contributed by atoms with Crippen LogP contribution in [0.25, 0.3) is 88.2 Å². The molecule has 0 saturated carbocycles. The van der Waals surface area contributed by atoms with Gasteiger partial charge < -0.3 is 13.7 Å². The third-order valence-corrected chi connectivity index (χ3v) is 12.6. The predicted molar refractivity (Wildman–Crippen MR) is 262 cm³/mol. The van der Waals surface area contributed by atoms with Crippen molar-refractivity contribution in [3.8, 4) is 17.1 Å². The summed E-state index contributed by atoms with van der Waals surface area (Å²) in [6.45, 7) is 0. The van der Waals surface area contributed by atoms with Gasteiger partial charge in [-0.1, -0.05) is 140 Å². The zero-order valence-corrected chi connectivity index (χ0v) is 34.1. The van der Waals surface area contributed by atoms with E-state index in [1.165, 1.54) is 54.4 Å². The highest BCUT2D eigenvalue weighted by Crippen LogP contribution is 2.36. The zero-order chi connectivity index (χ0) is 41.4. The number of aromatic nitrogens is 3. The molecule has 1 aliphatic rings. The van der Waals surface area contributed by atoms with Gasteiger partial charge >= 0.3 is 0 Å². The first kappa shape index (κ1) is 35.2. The lowest BCUT2D eigenvalue weighted by Crippen LogP contribution is -2.36. The highest BCUT2D eigenvalue weighted by molar-refractivity contribution is 6.15. The van der Waals surface area contributed by atoms with E-state index in [-0.39, 0.29) is 0 Å². The van der Waals surface area contributed by atoms with Crippen molar-refractivity contribution >= 4 is 82.5 Å². The van der Waals surface area contributed by atoms with Gasteiger partial charge in [0.1, 0.15) is 0 Å². The average Bonchev–Trinajstić information content (AvgIpc) is 4.00. The monoisotopic (exact) mass is 806 g/mol. The first-order valence-corrected chi connectivity index (χ1v) is 21.4. The summed E-state index contributed by atoms with van der Waals surface area (Å²) in [5.74, 6) is 0. The van der Waals surface area contributed by atoms with Crippen molar-refractivity contribution in [1.82, 2.24) is 19.1 Å². The molecule has 0 unspecified atom stereocenters. The molecule has 12 aromatic rings. The average molecular weight is 807 g/mol. The van der Waals surface area contributed by atoms with E-state index in [2.05, 4.69) is 244 Å². The van der Waals surface area contributed by atoms with E-state index in [0.717, 1.165) is 56.3 Å². The second-order valence-corrected chi connectivity index (χ2v) is 16.2. The molecule has 63 heavy (non-hydrogen) atoms. The topological polar surface area (TPSA) is 42.4 Å². The summed E-state index contributed by atoms with van der Waals surface area (Å²) >= 11 is 0. The van der Waals surface area contributed by atoms with Crippen molar-refractivity contribution < 1.29 is 0 Å². The van der Waals surface area contributed by atoms with Crippen molar-refractivity contribution in [2.24, 2.45) is 5.10 Å². The summed E-state index contributed by atoms with van der Waals surface area (Å²) in [6.07, 6.45) is 2.18. The fraction of sp³-hybridized carbons (Fsp3) is 0. The molecule has 296 valence electrons. The van der Waals surface area contributed by atoms with E-state index in [0.29, 0.717) is 0 Å². The van der Waals surface area contributed by atoms with Crippen molar-refractivity contribution in [3.05, 3.63) is 236 Å². The van der Waals surface area contributed by atoms with E-state index in [4.69, 9.17) is 5.10 Å². The Labute approximate surface area is 363 Å². The van der Waals surface area contributed by atoms with Crippen LogP contribution in [0.3, 0.4) is 0 Å². The number of hydrogen-bond acceptors (Lipinski definition) is 3. The van der Waals surface area contributed by atoms with Crippen LogP contribution in [0.15, 0.2) is 230 Å². The van der Waals surface area contributed by atoms with Crippen LogP contribution in [-0.4, -0.2) is 19.4 Å². The Morgan fingerprint density at radius 1 is 0.302 bits per heavy atom. The maximum Gasteiger partial charge on any atom is 0.0950 e. The van der Waals surface area contributed by atoms with E-state index >= 15 is 0 Å². The molecule has 1 N–H and O–H groups in total. The number of benzene rings is 9. The lowest BCUT2D eigenvalue weighted by atomic mass is 10.0. The normalized spacial score (nSPS) is 13.0. The van der Waals surface area contributed by atoms with Crippen molar-refractivity contribution in [2.75, 3.05) is 5.12 Å². The molecule has 3 aromatic heterocycles. The van der Waals surface area contributed by atoms with E-state index in [9.17, 15) is 0 Å². The van der Waals surface area contributed by atoms with E-state index in [1.807, 2.05) is 5.12 Å². The Morgan fingerprint density at radius 3 is 1.06 bits per heavy atom. The van der Waals surface area contributed by atoms with E-state index in [1.54, 1.807) is 0 Å². The molecule has 13 rings (SSSR count). The van der Waals surface area contributed by atoms with E-state index < -0.39 is 0 Å². The number of hydrogen-bond donors (Lipinski definition) is 1. The van der Waals surface area contributed by atoms with Gasteiger partial charge in [0.2, 0.25) is 0 Å². The Kier molecular flexibility index (Phi) is 7.80. The molecule has 0 saturated heterocycles. The molecule has 0 bridgehead atoms. The van der Waals surface area contributed by atoms with Gasteiger partial charge in [-0.15, -0.1) is 0 Å². The van der Waals surface area contributed by atoms with Crippen LogP contribution in [0.1, 0.15) is 11.1 Å². The Morgan fingerprint density at radius 2 is 0.635 bits per heavy atom. The standard InChI is InChI=1S/C57H38N6/c1-7-28-52-44(22-1)45-23-2-8-29-53(45)60(52)40-18-13-16-38(34-40)50-37-51(39-17-14-19-41(35-39)61-54-30-9-3-24-46(54)47-25-4-10-31-55(47)61)59-63(58-50)43-21-15-20-42(36-43)62-56-32-11-5-26-48(56)49-27-6-12-33-57(49)62/h1-37,58H. The number of para-hydroxylation sites is 6. The minimum atomic E-state index is 0.843. The SMILES string of the molecule is C1=C(c2cccc(-n3c4ccccc4c4ccccc43)c2)NN(c2cccc(-n3c4ccccc4c4ccccc43)c2)N=C1c1cccc(-n2c3ccccc3c3ccccc32)c1. The van der Waals surface area contributed by atoms with Gasteiger partial charge in [-0.2, -0.15) is 10.2 Å². The fourth-order valence-corrected chi connectivity index (χ4v) is 9.84. The minimum absolute atomic E-state index is 0.843. The van der Waals surface area contributed by atoms with Crippen LogP contribution >= 0.6 is 0 Å². The molecule has 0 fully saturated rings. The molecule has 4 heterocycles. The number of anilines is 1. The maximum atomic E-state index is 5.39. The van der Waals surface area contributed by atoms with Crippen LogP contribution in [0.4, 0.5) is 5.69 Å². The minimum Gasteiger partial charge on any atom is -0.309 e.